The van der Waals surface area contributed by atoms with Crippen LogP contribution in [0, 0.1) is 17.2 Å². The lowest BCUT2D eigenvalue weighted by Gasteiger charge is -2.34. The molecule has 0 radical (unpaired) electrons. The van der Waals surface area contributed by atoms with Crippen LogP contribution >= 0.6 is 35.4 Å². The molecule has 1 aliphatic rings. The van der Waals surface area contributed by atoms with Crippen LogP contribution in [0.2, 0.25) is 10.0 Å². The number of nitrogens with zero attached hydrogens (tertiary/aromatic N) is 4. The molecule has 0 aliphatic heterocycles. The molecule has 43 heavy (non-hydrogen) atoms. The molecule has 1 atom stereocenters. The maximum Gasteiger partial charge on any atom is 0.226 e. The number of amides is 1. The predicted octanol–water partition coefficient (Wildman–Crippen LogP) is 6.89. The van der Waals surface area contributed by atoms with Crippen LogP contribution in [0.4, 0.5) is 0 Å². The van der Waals surface area contributed by atoms with Crippen LogP contribution in [-0.4, -0.2) is 44.1 Å². The Hall–Kier alpha value is -3.12. The van der Waals surface area contributed by atoms with Gasteiger partial charge in [-0.1, -0.05) is 80.6 Å². The second-order valence-electron chi connectivity index (χ2n) is 11.8. The summed E-state index contributed by atoms with van der Waals surface area (Å²) in [5.74, 6) is 0.294. The van der Waals surface area contributed by atoms with Crippen LogP contribution < -0.4 is 10.6 Å². The number of rotatable bonds is 12. The number of nitriles is 1. The summed E-state index contributed by atoms with van der Waals surface area (Å²) < 4.78 is 1.97. The summed E-state index contributed by atoms with van der Waals surface area (Å²) in [5.41, 5.74) is 3.36. The number of imidazole rings is 1. The van der Waals surface area contributed by atoms with Gasteiger partial charge in [-0.15, -0.1) is 0 Å². The number of halogens is 2. The number of hydrogen-bond donors (Lipinski definition) is 2. The van der Waals surface area contributed by atoms with Gasteiger partial charge in [0, 0.05) is 43.6 Å². The zero-order valence-electron chi connectivity index (χ0n) is 24.9. The molecule has 0 saturated heterocycles. The Balaban J connectivity index is 1.47. The molecule has 1 aromatic heterocycles. The number of benzene rings is 2. The number of aromatic nitrogens is 2. The zero-order chi connectivity index (χ0) is 30.8. The summed E-state index contributed by atoms with van der Waals surface area (Å²) in [4.78, 5) is 19.8. The molecule has 0 spiro atoms. The van der Waals surface area contributed by atoms with Crippen molar-refractivity contribution >= 4 is 46.4 Å². The van der Waals surface area contributed by atoms with Crippen LogP contribution in [0.5, 0.6) is 0 Å². The minimum atomic E-state index is -0.133. The van der Waals surface area contributed by atoms with E-state index in [0.29, 0.717) is 52.3 Å². The van der Waals surface area contributed by atoms with E-state index < -0.39 is 0 Å². The van der Waals surface area contributed by atoms with Gasteiger partial charge in [-0.2, -0.15) is 5.26 Å². The van der Waals surface area contributed by atoms with E-state index in [1.807, 2.05) is 28.8 Å². The van der Waals surface area contributed by atoms with Gasteiger partial charge in [0.25, 0.3) is 0 Å². The number of carbonyl (C=O) groups is 1. The van der Waals surface area contributed by atoms with Crippen molar-refractivity contribution in [3.63, 3.8) is 0 Å². The minimum absolute atomic E-state index is 0.0703. The Labute approximate surface area is 270 Å². The first kappa shape index (κ1) is 32.8. The lowest BCUT2D eigenvalue weighted by molar-refractivity contribution is -0.121. The van der Waals surface area contributed by atoms with Crippen LogP contribution in [0.25, 0.3) is 0 Å². The fourth-order valence-electron chi connectivity index (χ4n) is 5.58. The first-order valence-corrected chi connectivity index (χ1v) is 16.1. The Morgan fingerprint density at radius 1 is 1.16 bits per heavy atom. The molecule has 3 aromatic rings. The topological polar surface area (TPSA) is 86.0 Å². The Bertz CT molecular complexity index is 1410. The van der Waals surface area contributed by atoms with Crippen molar-refractivity contribution in [3.8, 4) is 6.07 Å². The summed E-state index contributed by atoms with van der Waals surface area (Å²) in [6.07, 6.45) is 10.3. The third kappa shape index (κ3) is 9.96. The van der Waals surface area contributed by atoms with E-state index in [1.165, 1.54) is 19.3 Å². The number of thiocarbonyl (C=S) groups is 1. The van der Waals surface area contributed by atoms with E-state index in [-0.39, 0.29) is 18.4 Å². The molecule has 2 aromatic carbocycles. The van der Waals surface area contributed by atoms with Gasteiger partial charge in [0.1, 0.15) is 0 Å². The fraction of sp³-hybridized carbons (Fsp3) is 0.455. The number of nitrogens with one attached hydrogen (secondary N) is 2. The quantitative estimate of drug-likeness (QED) is 0.210. The third-order valence-corrected chi connectivity index (χ3v) is 8.98. The molecule has 1 fully saturated rings. The van der Waals surface area contributed by atoms with Gasteiger partial charge in [0.15, 0.2) is 5.11 Å². The Morgan fingerprint density at radius 3 is 2.60 bits per heavy atom. The molecule has 1 amide bonds. The summed E-state index contributed by atoms with van der Waals surface area (Å²) in [7, 11) is 0. The van der Waals surface area contributed by atoms with Crippen LogP contribution in [0.15, 0.2) is 55.0 Å². The molecule has 1 saturated carbocycles. The monoisotopic (exact) mass is 638 g/mol. The minimum Gasteiger partial charge on any atom is -0.360 e. The highest BCUT2D eigenvalue weighted by Crippen LogP contribution is 2.27. The van der Waals surface area contributed by atoms with E-state index in [1.54, 1.807) is 30.7 Å². The third-order valence-electron chi connectivity index (χ3n) is 7.75. The molecule has 7 nitrogen and oxygen atoms in total. The summed E-state index contributed by atoms with van der Waals surface area (Å²) in [6, 6.07) is 15.4. The highest BCUT2D eigenvalue weighted by molar-refractivity contribution is 7.80. The zero-order valence-corrected chi connectivity index (χ0v) is 27.2. The largest absolute Gasteiger partial charge is 0.360 e. The highest BCUT2D eigenvalue weighted by atomic mass is 35.5. The Morgan fingerprint density at radius 2 is 1.91 bits per heavy atom. The van der Waals surface area contributed by atoms with Crippen molar-refractivity contribution in [2.24, 2.45) is 5.92 Å². The van der Waals surface area contributed by atoms with Crippen molar-refractivity contribution in [2.45, 2.75) is 84.0 Å². The summed E-state index contributed by atoms with van der Waals surface area (Å²) >= 11 is 18.9. The average Bonchev–Trinajstić information content (AvgIpc) is 3.41. The van der Waals surface area contributed by atoms with Crippen molar-refractivity contribution < 1.29 is 4.79 Å². The summed E-state index contributed by atoms with van der Waals surface area (Å²) in [6.45, 7) is 5.90. The van der Waals surface area contributed by atoms with E-state index in [4.69, 9.17) is 40.7 Å². The van der Waals surface area contributed by atoms with E-state index in [0.717, 1.165) is 36.1 Å². The molecular weight excluding hydrogens is 599 g/mol. The van der Waals surface area contributed by atoms with Gasteiger partial charge in [0.05, 0.1) is 34.4 Å². The molecule has 4 rings (SSSR count). The molecule has 2 N–H and O–H groups in total. The molecule has 0 unspecified atom stereocenters. The average molecular weight is 640 g/mol. The SMILES string of the molecule is CC(C)C[C@@H](CN(Cc1cccc(Cl)c1Cl)C(=S)NC1CCCCC1)NC(=O)Cc1cncn1Cc1ccc(C#N)cc1. The van der Waals surface area contributed by atoms with Gasteiger partial charge in [0.2, 0.25) is 5.91 Å². The van der Waals surface area contributed by atoms with Crippen LogP contribution in [-0.2, 0) is 24.3 Å². The van der Waals surface area contributed by atoms with Gasteiger partial charge in [-0.3, -0.25) is 4.79 Å². The van der Waals surface area contributed by atoms with Gasteiger partial charge in [-0.25, -0.2) is 4.98 Å². The standard InChI is InChI=1S/C33H40Cl2N6OS/c1-23(2)15-28(38-31(42)16-29-18-37-22-41(29)19-25-13-11-24(17-36)12-14-25)21-40(20-26-7-6-10-30(34)32(26)35)33(43)39-27-8-4-3-5-9-27/h6-7,10-14,18,22-23,27-28H,3-5,8-9,15-16,19-21H2,1-2H3,(H,38,42)(H,39,43)/t28-/m0/s1. The van der Waals surface area contributed by atoms with E-state index in [2.05, 4.69) is 40.4 Å². The molecule has 1 aliphatic carbocycles. The normalized spacial score (nSPS) is 14.2. The first-order chi connectivity index (χ1) is 20.7. The second kappa shape index (κ2) is 16.1. The lowest BCUT2D eigenvalue weighted by atomic mass is 9.96. The maximum atomic E-state index is 13.4. The van der Waals surface area contributed by atoms with Gasteiger partial charge in [-0.05, 0) is 66.7 Å². The molecule has 1 heterocycles. The second-order valence-corrected chi connectivity index (χ2v) is 12.9. The smallest absolute Gasteiger partial charge is 0.226 e. The molecule has 0 bridgehead atoms. The van der Waals surface area contributed by atoms with Crippen molar-refractivity contribution in [2.75, 3.05) is 6.54 Å². The lowest BCUT2D eigenvalue weighted by Crippen LogP contribution is -2.51. The molecular formula is C33H40Cl2N6OS. The highest BCUT2D eigenvalue weighted by Gasteiger charge is 2.24. The predicted molar refractivity (Wildman–Crippen MR) is 177 cm³/mol. The number of carbonyl (C=O) groups excluding carboxylic acids is 1. The van der Waals surface area contributed by atoms with E-state index in [9.17, 15) is 4.79 Å². The molecule has 10 heteroatoms. The van der Waals surface area contributed by atoms with Crippen molar-refractivity contribution in [3.05, 3.63) is 87.4 Å². The van der Waals surface area contributed by atoms with Crippen LogP contribution in [0.1, 0.15) is 74.8 Å². The summed E-state index contributed by atoms with van der Waals surface area (Å²) in [5, 5.41) is 17.7. The van der Waals surface area contributed by atoms with Crippen molar-refractivity contribution in [1.82, 2.24) is 25.1 Å². The first-order valence-electron chi connectivity index (χ1n) is 15.0. The molecule has 228 valence electrons. The Kier molecular flexibility index (Phi) is 12.3. The fourth-order valence-corrected chi connectivity index (χ4v) is 6.27. The van der Waals surface area contributed by atoms with E-state index >= 15 is 0 Å². The van der Waals surface area contributed by atoms with Gasteiger partial charge < -0.3 is 20.1 Å². The van der Waals surface area contributed by atoms with Crippen molar-refractivity contribution in [1.29, 1.82) is 5.26 Å². The maximum absolute atomic E-state index is 13.4. The number of hydrogen-bond acceptors (Lipinski definition) is 4. The van der Waals surface area contributed by atoms with Crippen LogP contribution in [0.3, 0.4) is 0 Å². The van der Waals surface area contributed by atoms with Gasteiger partial charge >= 0.3 is 0 Å².